The largest absolute Gasteiger partial charge is 0.478 e. The highest BCUT2D eigenvalue weighted by atomic mass is 19.1. The van der Waals surface area contributed by atoms with Crippen LogP contribution in [0.5, 0.6) is 0 Å². The van der Waals surface area contributed by atoms with Gasteiger partial charge in [0.1, 0.15) is 5.82 Å². The number of benzene rings is 1. The Bertz CT molecular complexity index is 554. The number of amides is 2. The molecule has 7 heteroatoms. The number of nitrogens with zero attached hydrogens (tertiary/aromatic N) is 1. The number of rotatable bonds is 2. The van der Waals surface area contributed by atoms with Gasteiger partial charge in [-0.25, -0.2) is 14.0 Å². The minimum atomic E-state index is -1.30. The van der Waals surface area contributed by atoms with Crippen molar-refractivity contribution in [3.8, 4) is 0 Å². The van der Waals surface area contributed by atoms with Crippen molar-refractivity contribution in [1.82, 2.24) is 4.90 Å². The molecule has 0 aromatic heterocycles. The van der Waals surface area contributed by atoms with Gasteiger partial charge in [-0.3, -0.25) is 0 Å². The first kappa shape index (κ1) is 15.2. The van der Waals surface area contributed by atoms with E-state index < -0.39 is 17.8 Å². The smallest absolute Gasteiger partial charge is 0.337 e. The number of carboxylic acid groups (broad SMARTS) is 1. The maximum Gasteiger partial charge on any atom is 0.337 e. The Morgan fingerprint density at radius 2 is 1.95 bits per heavy atom. The molecule has 0 bridgehead atoms. The molecule has 1 fully saturated rings. The second kappa shape index (κ2) is 6.09. The molecule has 0 spiro atoms. The third-order valence-corrected chi connectivity index (χ3v) is 3.16. The van der Waals surface area contributed by atoms with Crippen LogP contribution in [0.2, 0.25) is 0 Å². The standard InChI is InChI=1S/C14H17FN2O4/c1-8-6-17(7-9(2)21-8)14(20)16-12-4-3-10(15)5-11(12)13(18)19/h3-5,8-9H,6-7H2,1-2H3,(H,16,20)(H,18,19)/t8-,9+. The van der Waals surface area contributed by atoms with E-state index in [9.17, 15) is 14.0 Å². The Kier molecular flexibility index (Phi) is 4.42. The van der Waals surface area contributed by atoms with Crippen molar-refractivity contribution in [2.45, 2.75) is 26.1 Å². The van der Waals surface area contributed by atoms with E-state index in [-0.39, 0.29) is 23.5 Å². The van der Waals surface area contributed by atoms with Crippen LogP contribution in [0.3, 0.4) is 0 Å². The zero-order chi connectivity index (χ0) is 15.6. The van der Waals surface area contributed by atoms with E-state index in [0.29, 0.717) is 13.1 Å². The maximum atomic E-state index is 13.1. The van der Waals surface area contributed by atoms with Gasteiger partial charge in [0.2, 0.25) is 0 Å². The van der Waals surface area contributed by atoms with E-state index in [1.54, 1.807) is 4.90 Å². The fraction of sp³-hybridized carbons (Fsp3) is 0.429. The molecule has 0 aliphatic carbocycles. The molecule has 6 nitrogen and oxygen atoms in total. The summed E-state index contributed by atoms with van der Waals surface area (Å²) in [5, 5.41) is 11.6. The van der Waals surface area contributed by atoms with Crippen molar-refractivity contribution in [1.29, 1.82) is 0 Å². The number of morpholine rings is 1. The minimum absolute atomic E-state index is 0.0701. The normalized spacial score (nSPS) is 22.0. The Morgan fingerprint density at radius 3 is 2.52 bits per heavy atom. The molecule has 2 amide bonds. The summed E-state index contributed by atoms with van der Waals surface area (Å²) in [6.45, 7) is 4.55. The Balaban J connectivity index is 2.14. The van der Waals surface area contributed by atoms with Crippen molar-refractivity contribution >= 4 is 17.7 Å². The van der Waals surface area contributed by atoms with Crippen LogP contribution in [0.4, 0.5) is 14.9 Å². The molecule has 21 heavy (non-hydrogen) atoms. The molecular formula is C14H17FN2O4. The van der Waals surface area contributed by atoms with Crippen LogP contribution >= 0.6 is 0 Å². The minimum Gasteiger partial charge on any atom is -0.478 e. The first-order valence-corrected chi connectivity index (χ1v) is 6.61. The number of halogens is 1. The summed E-state index contributed by atoms with van der Waals surface area (Å²) in [5.74, 6) is -1.97. The molecule has 1 aromatic carbocycles. The number of hydrogen-bond acceptors (Lipinski definition) is 3. The first-order chi connectivity index (χ1) is 9.86. The van der Waals surface area contributed by atoms with Gasteiger partial charge in [0.25, 0.3) is 0 Å². The maximum absolute atomic E-state index is 13.1. The van der Waals surface area contributed by atoms with Crippen LogP contribution in [0.25, 0.3) is 0 Å². The molecule has 2 atom stereocenters. The summed E-state index contributed by atoms with van der Waals surface area (Å²) in [7, 11) is 0. The van der Waals surface area contributed by atoms with Crippen molar-refractivity contribution < 1.29 is 23.8 Å². The Hall–Kier alpha value is -2.15. The van der Waals surface area contributed by atoms with Crippen LogP contribution in [-0.4, -0.2) is 47.3 Å². The number of anilines is 1. The number of aromatic carboxylic acids is 1. The van der Waals surface area contributed by atoms with Gasteiger partial charge >= 0.3 is 12.0 Å². The van der Waals surface area contributed by atoms with E-state index in [2.05, 4.69) is 5.32 Å². The second-order valence-corrected chi connectivity index (χ2v) is 5.09. The second-order valence-electron chi connectivity index (χ2n) is 5.09. The zero-order valence-corrected chi connectivity index (χ0v) is 11.8. The zero-order valence-electron chi connectivity index (χ0n) is 11.8. The average molecular weight is 296 g/mol. The highest BCUT2D eigenvalue weighted by Gasteiger charge is 2.26. The SMILES string of the molecule is C[C@@H]1CN(C(=O)Nc2ccc(F)cc2C(=O)O)C[C@H](C)O1. The summed E-state index contributed by atoms with van der Waals surface area (Å²) < 4.78 is 18.6. The molecule has 1 heterocycles. The molecule has 1 aliphatic heterocycles. The number of nitrogens with one attached hydrogen (secondary N) is 1. The molecule has 0 unspecified atom stereocenters. The Morgan fingerprint density at radius 1 is 1.33 bits per heavy atom. The highest BCUT2D eigenvalue weighted by molar-refractivity contribution is 6.00. The lowest BCUT2D eigenvalue weighted by atomic mass is 10.1. The van der Waals surface area contributed by atoms with E-state index >= 15 is 0 Å². The quantitative estimate of drug-likeness (QED) is 0.876. The summed E-state index contributed by atoms with van der Waals surface area (Å²) >= 11 is 0. The molecule has 1 aromatic rings. The van der Waals surface area contributed by atoms with Gasteiger partial charge in [0.05, 0.1) is 23.5 Å². The van der Waals surface area contributed by atoms with Gasteiger partial charge in [-0.1, -0.05) is 0 Å². The van der Waals surface area contributed by atoms with Gasteiger partial charge in [0, 0.05) is 13.1 Å². The van der Waals surface area contributed by atoms with Crippen LogP contribution < -0.4 is 5.32 Å². The molecule has 0 radical (unpaired) electrons. The Labute approximate surface area is 121 Å². The van der Waals surface area contributed by atoms with Crippen LogP contribution in [-0.2, 0) is 4.74 Å². The number of ether oxygens (including phenoxy) is 1. The van der Waals surface area contributed by atoms with E-state index in [0.717, 1.165) is 12.1 Å². The predicted molar refractivity (Wildman–Crippen MR) is 74.0 cm³/mol. The van der Waals surface area contributed by atoms with Gasteiger partial charge in [0.15, 0.2) is 0 Å². The van der Waals surface area contributed by atoms with Crippen molar-refractivity contribution in [2.75, 3.05) is 18.4 Å². The molecule has 0 saturated carbocycles. The molecule has 2 N–H and O–H groups in total. The lowest BCUT2D eigenvalue weighted by Crippen LogP contribution is -2.49. The van der Waals surface area contributed by atoms with Crippen LogP contribution in [0.1, 0.15) is 24.2 Å². The summed E-state index contributed by atoms with van der Waals surface area (Å²) in [4.78, 5) is 24.8. The lowest BCUT2D eigenvalue weighted by Gasteiger charge is -2.35. The number of carboxylic acids is 1. The fourth-order valence-electron chi connectivity index (χ4n) is 2.34. The van der Waals surface area contributed by atoms with Gasteiger partial charge in [-0.2, -0.15) is 0 Å². The number of carbonyl (C=O) groups excluding carboxylic acids is 1. The first-order valence-electron chi connectivity index (χ1n) is 6.61. The molecule has 2 rings (SSSR count). The van der Waals surface area contributed by atoms with Crippen molar-refractivity contribution in [3.05, 3.63) is 29.6 Å². The summed E-state index contributed by atoms with van der Waals surface area (Å²) in [6.07, 6.45) is -0.182. The monoisotopic (exact) mass is 296 g/mol. The van der Waals surface area contributed by atoms with E-state index in [1.807, 2.05) is 13.8 Å². The molecule has 1 aliphatic rings. The fourth-order valence-corrected chi connectivity index (χ4v) is 2.34. The molecular weight excluding hydrogens is 279 g/mol. The van der Waals surface area contributed by atoms with E-state index in [1.165, 1.54) is 6.07 Å². The lowest BCUT2D eigenvalue weighted by molar-refractivity contribution is -0.0530. The molecule has 1 saturated heterocycles. The third kappa shape index (κ3) is 3.69. The average Bonchev–Trinajstić information content (AvgIpc) is 2.39. The van der Waals surface area contributed by atoms with Gasteiger partial charge < -0.3 is 20.1 Å². The topological polar surface area (TPSA) is 78.9 Å². The van der Waals surface area contributed by atoms with Gasteiger partial charge in [-0.15, -0.1) is 0 Å². The van der Waals surface area contributed by atoms with Crippen LogP contribution in [0.15, 0.2) is 18.2 Å². The van der Waals surface area contributed by atoms with Gasteiger partial charge in [-0.05, 0) is 32.0 Å². The number of urea groups is 1. The molecule has 114 valence electrons. The number of hydrogen-bond donors (Lipinski definition) is 2. The van der Waals surface area contributed by atoms with E-state index in [4.69, 9.17) is 9.84 Å². The number of carbonyl (C=O) groups is 2. The highest BCUT2D eigenvalue weighted by Crippen LogP contribution is 2.19. The van der Waals surface area contributed by atoms with Crippen molar-refractivity contribution in [3.63, 3.8) is 0 Å². The summed E-state index contributed by atoms with van der Waals surface area (Å²) in [6, 6.07) is 2.80. The van der Waals surface area contributed by atoms with Crippen LogP contribution in [0, 0.1) is 5.82 Å². The predicted octanol–water partition coefficient (Wildman–Crippen LogP) is 2.17. The summed E-state index contributed by atoms with van der Waals surface area (Å²) in [5.41, 5.74) is -0.210. The third-order valence-electron chi connectivity index (χ3n) is 3.16. The van der Waals surface area contributed by atoms with Crippen molar-refractivity contribution in [2.24, 2.45) is 0 Å².